The molecule has 0 fully saturated rings. The van der Waals surface area contributed by atoms with Crippen LogP contribution in [0.2, 0.25) is 0 Å². The van der Waals surface area contributed by atoms with Crippen LogP contribution in [-0.4, -0.2) is 44.7 Å². The van der Waals surface area contributed by atoms with Crippen LogP contribution in [0.3, 0.4) is 0 Å². The number of carbonyl (C=O) groups excluding carboxylic acids is 1. The fourth-order valence-electron chi connectivity index (χ4n) is 3.77. The molecule has 2 heterocycles. The summed E-state index contributed by atoms with van der Waals surface area (Å²) >= 11 is 0. The molecule has 0 saturated heterocycles. The Bertz CT molecular complexity index is 1490. The monoisotopic (exact) mass is 535 g/mol. The summed E-state index contributed by atoms with van der Waals surface area (Å²) in [6.45, 7) is 1.78. The van der Waals surface area contributed by atoms with Gasteiger partial charge in [-0.05, 0) is 47.9 Å². The van der Waals surface area contributed by atoms with E-state index in [1.807, 2.05) is 0 Å². The van der Waals surface area contributed by atoms with Gasteiger partial charge in [0.25, 0.3) is 11.5 Å². The van der Waals surface area contributed by atoms with Crippen molar-refractivity contribution in [3.8, 4) is 17.3 Å². The topological polar surface area (TPSA) is 156 Å². The van der Waals surface area contributed by atoms with Crippen molar-refractivity contribution >= 4 is 13.5 Å². The molecule has 2 aromatic carbocycles. The second-order valence-electron chi connectivity index (χ2n) is 8.22. The van der Waals surface area contributed by atoms with E-state index in [9.17, 15) is 19.0 Å². The van der Waals surface area contributed by atoms with Gasteiger partial charge in [-0.3, -0.25) is 14.2 Å². The van der Waals surface area contributed by atoms with Gasteiger partial charge >= 0.3 is 7.60 Å². The van der Waals surface area contributed by atoms with E-state index in [2.05, 4.69) is 25.5 Å². The van der Waals surface area contributed by atoms with Crippen molar-refractivity contribution in [2.75, 3.05) is 13.7 Å². The van der Waals surface area contributed by atoms with Gasteiger partial charge < -0.3 is 24.5 Å². The highest BCUT2D eigenvalue weighted by molar-refractivity contribution is 7.51. The number of ether oxygens (including phenoxy) is 1. The maximum Gasteiger partial charge on any atom is 0.332 e. The molecule has 1 amide bonds. The number of nitrogens with zero attached hydrogens (tertiary/aromatic N) is 3. The van der Waals surface area contributed by atoms with E-state index in [1.165, 1.54) is 12.4 Å². The molecule has 38 heavy (non-hydrogen) atoms. The van der Waals surface area contributed by atoms with Crippen LogP contribution >= 0.6 is 7.60 Å². The van der Waals surface area contributed by atoms with E-state index in [0.717, 1.165) is 5.56 Å². The van der Waals surface area contributed by atoms with Crippen LogP contribution in [0.5, 0.6) is 5.75 Å². The highest BCUT2D eigenvalue weighted by Crippen LogP contribution is 2.45. The van der Waals surface area contributed by atoms with E-state index in [4.69, 9.17) is 9.26 Å². The van der Waals surface area contributed by atoms with Gasteiger partial charge in [0, 0.05) is 12.4 Å². The van der Waals surface area contributed by atoms with Gasteiger partial charge in [-0.25, -0.2) is 4.98 Å². The Morgan fingerprint density at radius 3 is 2.37 bits per heavy atom. The molecule has 0 aliphatic rings. The number of carbonyl (C=O) groups is 1. The summed E-state index contributed by atoms with van der Waals surface area (Å²) < 4.78 is 22.3. The fourth-order valence-corrected chi connectivity index (χ4v) is 4.94. The summed E-state index contributed by atoms with van der Waals surface area (Å²) in [5, 5.41) is 10.6. The number of H-pyrrole nitrogens is 1. The molecule has 0 radical (unpaired) electrons. The Labute approximate surface area is 218 Å². The maximum absolute atomic E-state index is 13.2. The van der Waals surface area contributed by atoms with E-state index in [1.54, 1.807) is 74.7 Å². The van der Waals surface area contributed by atoms with Gasteiger partial charge in [-0.1, -0.05) is 36.4 Å². The normalized spacial score (nSPS) is 13.3. The average molecular weight is 535 g/mol. The van der Waals surface area contributed by atoms with Crippen molar-refractivity contribution in [3.05, 3.63) is 106 Å². The van der Waals surface area contributed by atoms with Crippen molar-refractivity contribution in [2.45, 2.75) is 19.1 Å². The summed E-state index contributed by atoms with van der Waals surface area (Å²) in [6, 6.07) is 16.7. The zero-order valence-electron chi connectivity index (χ0n) is 20.7. The minimum absolute atomic E-state index is 0.130. The first-order chi connectivity index (χ1) is 18.3. The highest BCUT2D eigenvalue weighted by Gasteiger charge is 2.22. The number of rotatable bonds is 10. The average Bonchev–Trinajstić information content (AvgIpc) is 2.92. The Hall–Kier alpha value is -4.18. The highest BCUT2D eigenvalue weighted by atomic mass is 31.2. The first-order valence-electron chi connectivity index (χ1n) is 11.7. The summed E-state index contributed by atoms with van der Waals surface area (Å²) in [5.74, 6) is 0.199. The van der Waals surface area contributed by atoms with Gasteiger partial charge in [-0.2, -0.15) is 5.10 Å². The molecule has 4 aromatic rings. The predicted octanol–water partition coefficient (Wildman–Crippen LogP) is 3.48. The summed E-state index contributed by atoms with van der Waals surface area (Å²) in [6.07, 6.45) is 2.55. The number of aromatic amines is 1. The standard InChI is InChI=1S/C26H26N5O6P/c1-3-37-38(34,35)16-17-6-8-18(9-7-17)23(19-10-12-20(36-2)13-11-19)29-25(32)21-15-27-24(30-26(21)33)22-5-4-14-28-31-22/h4-15,23H,3,16H2,1-2H3,(H,29,32)(H,34,35)(H,27,30,33). The number of amides is 1. The minimum atomic E-state index is -3.75. The summed E-state index contributed by atoms with van der Waals surface area (Å²) in [5.41, 5.74) is 1.59. The molecule has 196 valence electrons. The molecule has 0 spiro atoms. The molecule has 3 N–H and O–H groups in total. The second kappa shape index (κ2) is 11.9. The van der Waals surface area contributed by atoms with Gasteiger partial charge in [0.15, 0.2) is 5.82 Å². The first-order valence-corrected chi connectivity index (χ1v) is 13.4. The van der Waals surface area contributed by atoms with Gasteiger partial charge in [0.1, 0.15) is 17.0 Å². The zero-order chi connectivity index (χ0) is 27.1. The van der Waals surface area contributed by atoms with Crippen LogP contribution < -0.4 is 15.6 Å². The Morgan fingerprint density at radius 2 is 1.79 bits per heavy atom. The van der Waals surface area contributed by atoms with E-state index in [0.29, 0.717) is 22.6 Å². The van der Waals surface area contributed by atoms with Crippen LogP contribution in [-0.2, 0) is 15.3 Å². The van der Waals surface area contributed by atoms with Gasteiger partial charge in [-0.15, -0.1) is 5.10 Å². The lowest BCUT2D eigenvalue weighted by molar-refractivity contribution is 0.0941. The molecule has 11 nitrogen and oxygen atoms in total. The number of methoxy groups -OCH3 is 1. The number of hydrogen-bond acceptors (Lipinski definition) is 8. The molecule has 12 heteroatoms. The third-order valence-electron chi connectivity index (χ3n) is 5.61. The molecule has 0 aliphatic heterocycles. The second-order valence-corrected chi connectivity index (χ2v) is 10.1. The molecular formula is C26H26N5O6P. The van der Waals surface area contributed by atoms with Crippen molar-refractivity contribution < 1.29 is 23.5 Å². The molecule has 4 rings (SSSR count). The minimum Gasteiger partial charge on any atom is -0.497 e. The maximum atomic E-state index is 13.2. The number of hydrogen-bond donors (Lipinski definition) is 3. The lowest BCUT2D eigenvalue weighted by atomic mass is 9.97. The third kappa shape index (κ3) is 6.57. The van der Waals surface area contributed by atoms with E-state index >= 15 is 0 Å². The number of aromatic nitrogens is 4. The molecule has 2 aromatic heterocycles. The molecule has 0 bridgehead atoms. The summed E-state index contributed by atoms with van der Waals surface area (Å²) in [4.78, 5) is 42.6. The quantitative estimate of drug-likeness (QED) is 0.259. The number of nitrogens with one attached hydrogen (secondary N) is 2. The molecule has 2 unspecified atom stereocenters. The molecule has 2 atom stereocenters. The largest absolute Gasteiger partial charge is 0.497 e. The Balaban J connectivity index is 1.62. The predicted molar refractivity (Wildman–Crippen MR) is 140 cm³/mol. The zero-order valence-corrected chi connectivity index (χ0v) is 21.6. The van der Waals surface area contributed by atoms with Gasteiger partial charge in [0.05, 0.1) is 25.9 Å². The van der Waals surface area contributed by atoms with Crippen molar-refractivity contribution in [2.24, 2.45) is 0 Å². The van der Waals surface area contributed by atoms with Crippen molar-refractivity contribution in [1.29, 1.82) is 0 Å². The molecule has 0 aliphatic carbocycles. The van der Waals surface area contributed by atoms with Crippen molar-refractivity contribution in [3.63, 3.8) is 0 Å². The van der Waals surface area contributed by atoms with Crippen LogP contribution in [0.1, 0.15) is 40.0 Å². The van der Waals surface area contributed by atoms with Crippen LogP contribution in [0.15, 0.2) is 77.9 Å². The lowest BCUT2D eigenvalue weighted by Crippen LogP contribution is -2.33. The van der Waals surface area contributed by atoms with Crippen LogP contribution in [0.25, 0.3) is 11.5 Å². The summed E-state index contributed by atoms with van der Waals surface area (Å²) in [7, 11) is -2.20. The SMILES string of the molecule is CCOP(=O)(O)Cc1ccc(C(NC(=O)c2cnc(-c3cccnn3)[nH]c2=O)c2ccc(OC)cc2)cc1. The lowest BCUT2D eigenvalue weighted by Gasteiger charge is -2.21. The Kier molecular flexibility index (Phi) is 8.42. The molecular weight excluding hydrogens is 509 g/mol. The Morgan fingerprint density at radius 1 is 1.11 bits per heavy atom. The third-order valence-corrected chi connectivity index (χ3v) is 7.04. The first kappa shape index (κ1) is 26.9. The molecule has 0 saturated carbocycles. The van der Waals surface area contributed by atoms with Crippen LogP contribution in [0.4, 0.5) is 0 Å². The smallest absolute Gasteiger partial charge is 0.332 e. The number of benzene rings is 2. The van der Waals surface area contributed by atoms with Crippen molar-refractivity contribution in [1.82, 2.24) is 25.5 Å². The van der Waals surface area contributed by atoms with Crippen LogP contribution in [0, 0.1) is 0 Å². The van der Waals surface area contributed by atoms with E-state index in [-0.39, 0.29) is 24.2 Å². The van der Waals surface area contributed by atoms with E-state index < -0.39 is 25.1 Å². The van der Waals surface area contributed by atoms with Gasteiger partial charge in [0.2, 0.25) is 0 Å². The fraction of sp³-hybridized carbons (Fsp3) is 0.192.